The zero-order valence-corrected chi connectivity index (χ0v) is 20.8. The fourth-order valence-electron chi connectivity index (χ4n) is 4.54. The lowest BCUT2D eigenvalue weighted by Gasteiger charge is -2.37. The van der Waals surface area contributed by atoms with Crippen LogP contribution in [0.5, 0.6) is 0 Å². The highest BCUT2D eigenvalue weighted by atomic mass is 32.1. The van der Waals surface area contributed by atoms with Gasteiger partial charge in [-0.15, -0.1) is 0 Å². The Balaban J connectivity index is 1.49. The highest BCUT2D eigenvalue weighted by Gasteiger charge is 2.33. The summed E-state index contributed by atoms with van der Waals surface area (Å²) in [7, 11) is 0. The molecule has 5 rings (SSSR count). The molecule has 0 fully saturated rings. The van der Waals surface area contributed by atoms with Crippen LogP contribution >= 0.6 is 12.2 Å². The molecule has 0 saturated heterocycles. The number of allylic oxidation sites excluding steroid dienone is 1. The summed E-state index contributed by atoms with van der Waals surface area (Å²) in [6, 6.07) is 28.8. The second kappa shape index (κ2) is 10.2. The minimum Gasteiger partial charge on any atom is -0.351 e. The van der Waals surface area contributed by atoms with Gasteiger partial charge in [0, 0.05) is 17.8 Å². The van der Waals surface area contributed by atoms with Crippen LogP contribution in [0.2, 0.25) is 0 Å². The molecule has 35 heavy (non-hydrogen) atoms. The maximum atomic E-state index is 5.85. The lowest BCUT2D eigenvalue weighted by atomic mass is 9.94. The van der Waals surface area contributed by atoms with E-state index in [0.29, 0.717) is 16.8 Å². The van der Waals surface area contributed by atoms with E-state index in [1.54, 1.807) is 0 Å². The minimum atomic E-state index is -0.167. The quantitative estimate of drug-likeness (QED) is 0.312. The van der Waals surface area contributed by atoms with Crippen LogP contribution in [0.25, 0.3) is 17.0 Å². The van der Waals surface area contributed by atoms with Crippen LogP contribution < -0.4 is 5.32 Å². The Kier molecular flexibility index (Phi) is 6.73. The van der Waals surface area contributed by atoms with Crippen LogP contribution in [-0.2, 0) is 6.42 Å². The van der Waals surface area contributed by atoms with Gasteiger partial charge >= 0.3 is 0 Å². The summed E-state index contributed by atoms with van der Waals surface area (Å²) in [5.41, 5.74) is 6.51. The highest BCUT2D eigenvalue weighted by Crippen LogP contribution is 2.37. The van der Waals surface area contributed by atoms with E-state index in [-0.39, 0.29) is 6.04 Å². The zero-order chi connectivity index (χ0) is 24.2. The molecule has 6 heteroatoms. The lowest BCUT2D eigenvalue weighted by molar-refractivity contribution is 0.396. The topological polar surface area (TPSA) is 54.2 Å². The largest absolute Gasteiger partial charge is 0.351 e. The van der Waals surface area contributed by atoms with Crippen LogP contribution in [0.3, 0.4) is 0 Å². The van der Waals surface area contributed by atoms with Crippen molar-refractivity contribution < 1.29 is 4.52 Å². The van der Waals surface area contributed by atoms with Crippen LogP contribution in [0, 0.1) is 6.92 Å². The molecule has 5 nitrogen and oxygen atoms in total. The monoisotopic (exact) mass is 480 g/mol. The van der Waals surface area contributed by atoms with E-state index >= 15 is 0 Å². The Morgan fingerprint density at radius 3 is 2.43 bits per heavy atom. The molecule has 3 aromatic carbocycles. The predicted octanol–water partition coefficient (Wildman–Crippen LogP) is 6.34. The van der Waals surface area contributed by atoms with Gasteiger partial charge in [-0.25, -0.2) is 0 Å². The van der Waals surface area contributed by atoms with Crippen molar-refractivity contribution in [3.8, 4) is 11.4 Å². The molecule has 176 valence electrons. The van der Waals surface area contributed by atoms with Crippen LogP contribution in [0.15, 0.2) is 95.1 Å². The average Bonchev–Trinajstić information content (AvgIpc) is 3.37. The smallest absolute Gasteiger partial charge is 0.258 e. The fraction of sp³-hybridized carbons (Fsp3) is 0.207. The molecule has 1 unspecified atom stereocenters. The molecule has 1 aliphatic heterocycles. The number of rotatable bonds is 7. The van der Waals surface area contributed by atoms with Crippen molar-refractivity contribution >= 4 is 22.9 Å². The van der Waals surface area contributed by atoms with E-state index in [4.69, 9.17) is 21.7 Å². The summed E-state index contributed by atoms with van der Waals surface area (Å²) in [6.07, 6.45) is 1.97. The molecule has 0 radical (unpaired) electrons. The van der Waals surface area contributed by atoms with E-state index in [1.807, 2.05) is 36.4 Å². The lowest BCUT2D eigenvalue weighted by Crippen LogP contribution is -2.46. The third-order valence-electron chi connectivity index (χ3n) is 6.35. The van der Waals surface area contributed by atoms with Gasteiger partial charge in [0.15, 0.2) is 5.11 Å². The number of benzene rings is 3. The van der Waals surface area contributed by atoms with Gasteiger partial charge < -0.3 is 14.7 Å². The van der Waals surface area contributed by atoms with Crippen molar-refractivity contribution in [2.75, 3.05) is 6.54 Å². The second-order valence-corrected chi connectivity index (χ2v) is 9.21. The van der Waals surface area contributed by atoms with Gasteiger partial charge in [0.05, 0.1) is 11.6 Å². The molecule has 0 amide bonds. The average molecular weight is 481 g/mol. The molecule has 1 atom stereocenters. The summed E-state index contributed by atoms with van der Waals surface area (Å²) >= 11 is 5.82. The van der Waals surface area contributed by atoms with E-state index in [1.165, 1.54) is 5.56 Å². The Morgan fingerprint density at radius 1 is 0.943 bits per heavy atom. The fourth-order valence-corrected chi connectivity index (χ4v) is 4.89. The molecule has 4 aromatic rings. The first-order valence-corrected chi connectivity index (χ1v) is 12.3. The van der Waals surface area contributed by atoms with Gasteiger partial charge in [0.1, 0.15) is 0 Å². The van der Waals surface area contributed by atoms with Crippen molar-refractivity contribution in [3.63, 3.8) is 0 Å². The first-order chi connectivity index (χ1) is 17.1. The first kappa shape index (κ1) is 23.0. The molecule has 1 N–H and O–H groups in total. The summed E-state index contributed by atoms with van der Waals surface area (Å²) in [4.78, 5) is 6.97. The number of thiocarbonyl (C=S) groups is 1. The summed E-state index contributed by atoms with van der Waals surface area (Å²) in [6.45, 7) is 4.95. The van der Waals surface area contributed by atoms with E-state index in [0.717, 1.165) is 47.3 Å². The maximum Gasteiger partial charge on any atom is 0.258 e. The number of hydrogen-bond donors (Lipinski definition) is 1. The van der Waals surface area contributed by atoms with Gasteiger partial charge in [-0.3, -0.25) is 0 Å². The predicted molar refractivity (Wildman–Crippen MR) is 143 cm³/mol. The normalized spacial score (nSPS) is 15.9. The number of aromatic nitrogens is 2. The second-order valence-electron chi connectivity index (χ2n) is 8.83. The third kappa shape index (κ3) is 5.03. The van der Waals surface area contributed by atoms with E-state index in [9.17, 15) is 0 Å². The number of hydrogen-bond acceptors (Lipinski definition) is 4. The van der Waals surface area contributed by atoms with Crippen LogP contribution in [0.1, 0.15) is 42.0 Å². The SMILES string of the molecule is CC1=C(c2nc(-c3cccc(C)c3)no2)C(c2ccccc2)NC(=S)N1CCCc1ccccc1. The number of nitrogens with zero attached hydrogens (tertiary/aromatic N) is 3. The third-order valence-corrected chi connectivity index (χ3v) is 6.69. The van der Waals surface area contributed by atoms with Crippen molar-refractivity contribution in [1.29, 1.82) is 0 Å². The van der Waals surface area contributed by atoms with Crippen LogP contribution in [0.4, 0.5) is 0 Å². The molecule has 2 heterocycles. The molecular weight excluding hydrogens is 452 g/mol. The Morgan fingerprint density at radius 2 is 1.69 bits per heavy atom. The molecule has 0 aliphatic carbocycles. The summed E-state index contributed by atoms with van der Waals surface area (Å²) in [5, 5.41) is 8.57. The van der Waals surface area contributed by atoms with Gasteiger partial charge in [-0.2, -0.15) is 4.98 Å². The van der Waals surface area contributed by atoms with Gasteiger partial charge in [0.25, 0.3) is 5.89 Å². The zero-order valence-electron chi connectivity index (χ0n) is 19.9. The van der Waals surface area contributed by atoms with Crippen molar-refractivity contribution in [3.05, 3.63) is 113 Å². The van der Waals surface area contributed by atoms with Gasteiger partial charge in [-0.1, -0.05) is 89.6 Å². The molecule has 0 spiro atoms. The Hall–Kier alpha value is -3.77. The number of nitrogens with one attached hydrogen (secondary N) is 1. The highest BCUT2D eigenvalue weighted by molar-refractivity contribution is 7.80. The van der Waals surface area contributed by atoms with E-state index < -0.39 is 0 Å². The molecule has 1 aliphatic rings. The summed E-state index contributed by atoms with van der Waals surface area (Å²) in [5.74, 6) is 1.09. The van der Waals surface area contributed by atoms with E-state index in [2.05, 4.69) is 77.8 Å². The van der Waals surface area contributed by atoms with Gasteiger partial charge in [-0.05, 0) is 56.1 Å². The van der Waals surface area contributed by atoms with Crippen molar-refractivity contribution in [1.82, 2.24) is 20.4 Å². The molecule has 0 bridgehead atoms. The molecule has 1 aromatic heterocycles. The summed E-state index contributed by atoms with van der Waals surface area (Å²) < 4.78 is 5.85. The number of aryl methyl sites for hydroxylation is 2. The Labute approximate surface area is 211 Å². The Bertz CT molecular complexity index is 1350. The van der Waals surface area contributed by atoms with Crippen molar-refractivity contribution in [2.24, 2.45) is 0 Å². The molecule has 0 saturated carbocycles. The minimum absolute atomic E-state index is 0.167. The molecular formula is C29H28N4OS. The van der Waals surface area contributed by atoms with Crippen molar-refractivity contribution in [2.45, 2.75) is 32.7 Å². The maximum absolute atomic E-state index is 5.85. The first-order valence-electron chi connectivity index (χ1n) is 11.9. The van der Waals surface area contributed by atoms with Gasteiger partial charge in [0.2, 0.25) is 5.82 Å². The van der Waals surface area contributed by atoms with Crippen LogP contribution in [-0.4, -0.2) is 26.7 Å². The standard InChI is InChI=1S/C29H28N4OS/c1-20-11-9-17-24(19-20)27-31-28(34-32-27)25-21(2)33(18-10-14-22-12-5-3-6-13-22)29(35)30-26(25)23-15-7-4-8-16-23/h3-9,11-13,15-17,19,26H,10,14,18H2,1-2H3,(H,30,35).